The summed E-state index contributed by atoms with van der Waals surface area (Å²) in [6.45, 7) is 5.61. The molecule has 0 radical (unpaired) electrons. The zero-order valence-corrected chi connectivity index (χ0v) is 14.6. The maximum Gasteiger partial charge on any atom is 0.322 e. The van der Waals surface area contributed by atoms with E-state index in [1.54, 1.807) is 44.2 Å². The van der Waals surface area contributed by atoms with E-state index in [0.717, 1.165) is 0 Å². The van der Waals surface area contributed by atoms with Crippen LogP contribution in [0.15, 0.2) is 41.3 Å². The Morgan fingerprint density at radius 2 is 1.79 bits per heavy atom. The van der Waals surface area contributed by atoms with E-state index in [-0.39, 0.29) is 10.8 Å². The van der Waals surface area contributed by atoms with E-state index < -0.39 is 22.0 Å². The van der Waals surface area contributed by atoms with Gasteiger partial charge in [-0.25, -0.2) is 8.42 Å². The number of ether oxygens (including phenoxy) is 1. The highest BCUT2D eigenvalue weighted by Crippen LogP contribution is 2.31. The van der Waals surface area contributed by atoms with E-state index in [4.69, 9.17) is 4.74 Å². The Labute approximate surface area is 141 Å². The van der Waals surface area contributed by atoms with Crippen LogP contribution < -0.4 is 9.46 Å². The summed E-state index contributed by atoms with van der Waals surface area (Å²) in [4.78, 5) is 11.3. The van der Waals surface area contributed by atoms with Gasteiger partial charge in [0.2, 0.25) is 10.0 Å². The highest BCUT2D eigenvalue weighted by molar-refractivity contribution is 7.89. The molecule has 0 fully saturated rings. The van der Waals surface area contributed by atoms with Crippen LogP contribution in [0.5, 0.6) is 5.75 Å². The summed E-state index contributed by atoms with van der Waals surface area (Å²) in [6, 6.07) is 8.81. The van der Waals surface area contributed by atoms with Gasteiger partial charge < -0.3 is 9.84 Å². The van der Waals surface area contributed by atoms with Crippen molar-refractivity contribution in [2.45, 2.75) is 31.7 Å². The van der Waals surface area contributed by atoms with Gasteiger partial charge in [-0.3, -0.25) is 4.79 Å². The molecule has 0 saturated carbocycles. The van der Waals surface area contributed by atoms with E-state index in [1.165, 1.54) is 6.07 Å². The molecule has 0 aromatic heterocycles. The number of hydrogen-bond acceptors (Lipinski definition) is 4. The van der Waals surface area contributed by atoms with E-state index in [1.807, 2.05) is 6.92 Å². The van der Waals surface area contributed by atoms with E-state index in [9.17, 15) is 18.3 Å². The van der Waals surface area contributed by atoms with Gasteiger partial charge in [0.15, 0.2) is 0 Å². The number of carboxylic acids is 1. The zero-order chi connectivity index (χ0) is 17.9. The van der Waals surface area contributed by atoms with Gasteiger partial charge in [0, 0.05) is 10.8 Å². The second-order valence-corrected chi connectivity index (χ2v) is 7.40. The Hall–Kier alpha value is -2.12. The fourth-order valence-electron chi connectivity index (χ4n) is 2.46. The number of sulfonamides is 1. The number of carboxylic acid groups (broad SMARTS) is 1. The number of fused-ring (bicyclic) bond motifs is 1. The minimum Gasteiger partial charge on any atom is -0.493 e. The molecule has 0 bridgehead atoms. The van der Waals surface area contributed by atoms with Crippen LogP contribution in [0.2, 0.25) is 0 Å². The van der Waals surface area contributed by atoms with Crippen molar-refractivity contribution in [1.29, 1.82) is 0 Å². The van der Waals surface area contributed by atoms with Crippen molar-refractivity contribution in [1.82, 2.24) is 4.72 Å². The summed E-state index contributed by atoms with van der Waals surface area (Å²) in [7, 11) is -3.99. The van der Waals surface area contributed by atoms with Crippen molar-refractivity contribution < 1.29 is 23.1 Å². The zero-order valence-electron chi connectivity index (χ0n) is 13.8. The average Bonchev–Trinajstić information content (AvgIpc) is 2.52. The Kier molecular flexibility index (Phi) is 5.46. The van der Waals surface area contributed by atoms with Crippen LogP contribution in [-0.2, 0) is 14.8 Å². The first-order valence-corrected chi connectivity index (χ1v) is 9.16. The molecule has 2 aromatic rings. The normalized spacial score (nSPS) is 13.2. The first-order chi connectivity index (χ1) is 11.3. The van der Waals surface area contributed by atoms with E-state index >= 15 is 0 Å². The van der Waals surface area contributed by atoms with Gasteiger partial charge in [0.05, 0.1) is 11.5 Å². The molecule has 0 aliphatic rings. The minimum absolute atomic E-state index is 0.0356. The molecule has 24 heavy (non-hydrogen) atoms. The molecule has 0 aliphatic carbocycles. The van der Waals surface area contributed by atoms with Gasteiger partial charge in [-0.15, -0.1) is 0 Å². The average molecular weight is 351 g/mol. The summed E-state index contributed by atoms with van der Waals surface area (Å²) >= 11 is 0. The van der Waals surface area contributed by atoms with Crippen LogP contribution in [0.1, 0.15) is 20.8 Å². The second-order valence-electron chi connectivity index (χ2n) is 5.72. The molecule has 2 aromatic carbocycles. The van der Waals surface area contributed by atoms with Crippen LogP contribution in [0.3, 0.4) is 0 Å². The molecule has 2 N–H and O–H groups in total. The maximum absolute atomic E-state index is 12.7. The highest BCUT2D eigenvalue weighted by atomic mass is 32.2. The topological polar surface area (TPSA) is 92.7 Å². The molecule has 0 aliphatic heterocycles. The van der Waals surface area contributed by atoms with Crippen LogP contribution in [0, 0.1) is 5.92 Å². The van der Waals surface area contributed by atoms with Crippen molar-refractivity contribution in [3.05, 3.63) is 36.4 Å². The molecule has 1 unspecified atom stereocenters. The first-order valence-electron chi connectivity index (χ1n) is 7.67. The van der Waals surface area contributed by atoms with Crippen LogP contribution >= 0.6 is 0 Å². The lowest BCUT2D eigenvalue weighted by atomic mass is 10.1. The number of nitrogens with one attached hydrogen (secondary N) is 1. The van der Waals surface area contributed by atoms with Gasteiger partial charge in [-0.1, -0.05) is 38.1 Å². The van der Waals surface area contributed by atoms with Crippen LogP contribution in [0.25, 0.3) is 10.8 Å². The van der Waals surface area contributed by atoms with E-state index in [2.05, 4.69) is 4.72 Å². The summed E-state index contributed by atoms with van der Waals surface area (Å²) in [6.07, 6.45) is 0. The van der Waals surface area contributed by atoms with Crippen LogP contribution in [-0.4, -0.2) is 32.1 Å². The lowest BCUT2D eigenvalue weighted by Gasteiger charge is -2.19. The monoisotopic (exact) mass is 351 g/mol. The molecule has 0 heterocycles. The van der Waals surface area contributed by atoms with Crippen LogP contribution in [0.4, 0.5) is 0 Å². The fraction of sp³-hybridized carbons (Fsp3) is 0.353. The Balaban J connectivity index is 2.55. The van der Waals surface area contributed by atoms with Gasteiger partial charge in [-0.2, -0.15) is 4.72 Å². The van der Waals surface area contributed by atoms with Crippen molar-refractivity contribution in [2.75, 3.05) is 6.61 Å². The largest absolute Gasteiger partial charge is 0.493 e. The summed E-state index contributed by atoms with van der Waals surface area (Å²) in [5.74, 6) is -0.999. The van der Waals surface area contributed by atoms with Gasteiger partial charge in [0.1, 0.15) is 11.8 Å². The lowest BCUT2D eigenvalue weighted by Crippen LogP contribution is -2.44. The summed E-state index contributed by atoms with van der Waals surface area (Å²) in [5.41, 5.74) is 0. The minimum atomic E-state index is -3.99. The van der Waals surface area contributed by atoms with Crippen molar-refractivity contribution >= 4 is 26.8 Å². The number of carbonyl (C=O) groups is 1. The SMILES string of the molecule is CCOc1ccc(S(=O)(=O)NC(C(=O)O)C(C)C)c2ccccc12. The van der Waals surface area contributed by atoms with Gasteiger partial charge in [-0.05, 0) is 25.0 Å². The number of hydrogen-bond donors (Lipinski definition) is 2. The predicted octanol–water partition coefficient (Wildman–Crippen LogP) is 2.63. The molecule has 6 nitrogen and oxygen atoms in total. The molecule has 0 amide bonds. The molecule has 0 spiro atoms. The third-order valence-electron chi connectivity index (χ3n) is 3.65. The Morgan fingerprint density at radius 1 is 1.17 bits per heavy atom. The Morgan fingerprint density at radius 3 is 2.33 bits per heavy atom. The maximum atomic E-state index is 12.7. The molecule has 7 heteroatoms. The first kappa shape index (κ1) is 18.2. The number of aliphatic carboxylic acids is 1. The van der Waals surface area contributed by atoms with Gasteiger partial charge >= 0.3 is 5.97 Å². The third kappa shape index (κ3) is 3.68. The van der Waals surface area contributed by atoms with Crippen molar-refractivity contribution in [3.63, 3.8) is 0 Å². The molecular formula is C17H21NO5S. The van der Waals surface area contributed by atoms with E-state index in [0.29, 0.717) is 23.1 Å². The fourth-order valence-corrected chi connectivity index (χ4v) is 4.01. The van der Waals surface area contributed by atoms with Gasteiger partial charge in [0.25, 0.3) is 0 Å². The molecule has 0 saturated heterocycles. The lowest BCUT2D eigenvalue weighted by molar-refractivity contribution is -0.140. The van der Waals surface area contributed by atoms with Crippen molar-refractivity contribution in [3.8, 4) is 5.75 Å². The number of rotatable bonds is 7. The predicted molar refractivity (Wildman–Crippen MR) is 91.7 cm³/mol. The highest BCUT2D eigenvalue weighted by Gasteiger charge is 2.29. The third-order valence-corrected chi connectivity index (χ3v) is 5.15. The molecule has 2 rings (SSSR count). The van der Waals surface area contributed by atoms with Crippen molar-refractivity contribution in [2.24, 2.45) is 5.92 Å². The summed E-state index contributed by atoms with van der Waals surface area (Å²) < 4.78 is 33.3. The smallest absolute Gasteiger partial charge is 0.322 e. The number of benzene rings is 2. The second kappa shape index (κ2) is 7.19. The Bertz CT molecular complexity index is 845. The standard InChI is InChI=1S/C17H21NO5S/c1-4-23-14-9-10-15(13-8-6-5-7-12(13)14)24(21,22)18-16(11(2)3)17(19)20/h5-11,16,18H,4H2,1-3H3,(H,19,20). The molecule has 130 valence electrons. The summed E-state index contributed by atoms with van der Waals surface area (Å²) in [5, 5.41) is 10.4. The quantitative estimate of drug-likeness (QED) is 0.800. The molecular weight excluding hydrogens is 330 g/mol. The molecule has 1 atom stereocenters.